The minimum absolute atomic E-state index is 0.138. The number of nitrogens with zero attached hydrogens (tertiary/aromatic N) is 1. The van der Waals surface area contributed by atoms with Crippen LogP contribution in [0.4, 0.5) is 0 Å². The smallest absolute Gasteiger partial charge is 0.226 e. The summed E-state index contributed by atoms with van der Waals surface area (Å²) in [6.07, 6.45) is 1.96. The number of likely N-dealkylation sites (tertiary alicyclic amines) is 1. The van der Waals surface area contributed by atoms with Gasteiger partial charge in [-0.1, -0.05) is 38.1 Å². The van der Waals surface area contributed by atoms with Crippen LogP contribution in [0.2, 0.25) is 0 Å². The van der Waals surface area contributed by atoms with Crippen molar-refractivity contribution < 1.29 is 13.2 Å². The molecule has 1 aromatic rings. The molecule has 0 radical (unpaired) electrons. The Morgan fingerprint density at radius 1 is 1.12 bits per heavy atom. The summed E-state index contributed by atoms with van der Waals surface area (Å²) in [5.41, 5.74) is 2.32. The van der Waals surface area contributed by atoms with Gasteiger partial charge in [-0.2, -0.15) is 0 Å². The van der Waals surface area contributed by atoms with Crippen molar-refractivity contribution in [3.8, 4) is 0 Å². The standard InChI is InChI=1S/C21H33NO3S/c1-16(2)19-8-6-17(7-9-19)14-20(23)22-12-10-18(11-13-22)15-26(24,25)21(3,4)5/h6-9,16,18H,10-15H2,1-5H3. The van der Waals surface area contributed by atoms with Crippen LogP contribution < -0.4 is 0 Å². The van der Waals surface area contributed by atoms with Crippen LogP contribution in [0.3, 0.4) is 0 Å². The molecule has 2 rings (SSSR count). The number of hydrogen-bond donors (Lipinski definition) is 0. The molecule has 0 N–H and O–H groups in total. The average Bonchev–Trinajstić information content (AvgIpc) is 2.54. The third kappa shape index (κ3) is 5.32. The molecule has 5 heteroatoms. The Labute approximate surface area is 158 Å². The third-order valence-corrected chi connectivity index (χ3v) is 8.13. The highest BCUT2D eigenvalue weighted by Gasteiger charge is 2.33. The van der Waals surface area contributed by atoms with E-state index in [1.54, 1.807) is 20.8 Å². The predicted molar refractivity (Wildman–Crippen MR) is 107 cm³/mol. The van der Waals surface area contributed by atoms with Gasteiger partial charge in [-0.25, -0.2) is 8.42 Å². The Balaban J connectivity index is 1.86. The monoisotopic (exact) mass is 379 g/mol. The van der Waals surface area contributed by atoms with Crippen molar-refractivity contribution in [2.75, 3.05) is 18.8 Å². The van der Waals surface area contributed by atoms with E-state index in [4.69, 9.17) is 0 Å². The zero-order valence-corrected chi connectivity index (χ0v) is 17.6. The van der Waals surface area contributed by atoms with Crippen LogP contribution in [-0.2, 0) is 21.1 Å². The number of piperidine rings is 1. The maximum Gasteiger partial charge on any atom is 0.226 e. The number of sulfone groups is 1. The fourth-order valence-corrected chi connectivity index (χ4v) is 4.67. The first-order chi connectivity index (χ1) is 12.0. The number of amides is 1. The van der Waals surface area contributed by atoms with Crippen LogP contribution >= 0.6 is 0 Å². The van der Waals surface area contributed by atoms with Crippen LogP contribution in [0.25, 0.3) is 0 Å². The normalized spacial score (nSPS) is 16.9. The second-order valence-electron chi connectivity index (χ2n) is 8.79. The molecule has 1 saturated heterocycles. The van der Waals surface area contributed by atoms with Crippen molar-refractivity contribution in [1.29, 1.82) is 0 Å². The van der Waals surface area contributed by atoms with Gasteiger partial charge in [-0.05, 0) is 56.6 Å². The number of carbonyl (C=O) groups excluding carboxylic acids is 1. The van der Waals surface area contributed by atoms with Gasteiger partial charge in [0, 0.05) is 13.1 Å². The van der Waals surface area contributed by atoms with Crippen LogP contribution in [0, 0.1) is 5.92 Å². The van der Waals surface area contributed by atoms with Gasteiger partial charge in [0.05, 0.1) is 16.9 Å². The van der Waals surface area contributed by atoms with Gasteiger partial charge in [0.2, 0.25) is 5.91 Å². The first-order valence-electron chi connectivity index (χ1n) is 9.58. The third-order valence-electron chi connectivity index (χ3n) is 5.36. The van der Waals surface area contributed by atoms with E-state index in [0.29, 0.717) is 25.4 Å². The van der Waals surface area contributed by atoms with Crippen molar-refractivity contribution >= 4 is 15.7 Å². The molecule has 0 spiro atoms. The number of hydrogen-bond acceptors (Lipinski definition) is 3. The van der Waals surface area contributed by atoms with Crippen LogP contribution in [0.15, 0.2) is 24.3 Å². The van der Waals surface area contributed by atoms with Crippen molar-refractivity contribution in [2.45, 2.75) is 64.5 Å². The van der Waals surface area contributed by atoms with Crippen molar-refractivity contribution in [1.82, 2.24) is 4.90 Å². The van der Waals surface area contributed by atoms with Crippen molar-refractivity contribution in [3.05, 3.63) is 35.4 Å². The summed E-state index contributed by atoms with van der Waals surface area (Å²) in [4.78, 5) is 14.4. The largest absolute Gasteiger partial charge is 0.342 e. The van der Waals surface area contributed by atoms with Gasteiger partial charge in [0.15, 0.2) is 9.84 Å². The second-order valence-corrected chi connectivity index (χ2v) is 11.6. The highest BCUT2D eigenvalue weighted by atomic mass is 32.2. The number of carbonyl (C=O) groups is 1. The van der Waals surface area contributed by atoms with Gasteiger partial charge >= 0.3 is 0 Å². The number of rotatable bonds is 5. The molecule has 26 heavy (non-hydrogen) atoms. The minimum atomic E-state index is -3.10. The van der Waals surface area contributed by atoms with Crippen LogP contribution in [-0.4, -0.2) is 42.8 Å². The topological polar surface area (TPSA) is 54.5 Å². The SMILES string of the molecule is CC(C)c1ccc(CC(=O)N2CCC(CS(=O)(=O)C(C)(C)C)CC2)cc1. The average molecular weight is 380 g/mol. The Hall–Kier alpha value is -1.36. The van der Waals surface area contributed by atoms with Gasteiger partial charge in [-0.15, -0.1) is 0 Å². The molecule has 4 nitrogen and oxygen atoms in total. The molecule has 146 valence electrons. The Bertz CT molecular complexity index is 707. The molecule has 0 atom stereocenters. The fraction of sp³-hybridized carbons (Fsp3) is 0.667. The van der Waals surface area contributed by atoms with Gasteiger partial charge < -0.3 is 4.90 Å². The maximum absolute atomic E-state index is 12.5. The minimum Gasteiger partial charge on any atom is -0.342 e. The maximum atomic E-state index is 12.5. The first kappa shape index (κ1) is 20.9. The zero-order chi connectivity index (χ0) is 19.5. The quantitative estimate of drug-likeness (QED) is 0.782. The van der Waals surface area contributed by atoms with Crippen LogP contribution in [0.5, 0.6) is 0 Å². The summed E-state index contributed by atoms with van der Waals surface area (Å²) < 4.78 is 24.0. The van der Waals surface area contributed by atoms with Gasteiger partial charge in [0.25, 0.3) is 0 Å². The highest BCUT2D eigenvalue weighted by molar-refractivity contribution is 7.92. The molecule has 0 aromatic heterocycles. The van der Waals surface area contributed by atoms with E-state index in [1.807, 2.05) is 17.0 Å². The van der Waals surface area contributed by atoms with E-state index in [-0.39, 0.29) is 17.6 Å². The van der Waals surface area contributed by atoms with Gasteiger partial charge in [-0.3, -0.25) is 4.79 Å². The lowest BCUT2D eigenvalue weighted by Gasteiger charge is -2.33. The van der Waals surface area contributed by atoms with Crippen LogP contribution in [0.1, 0.15) is 64.5 Å². The molecule has 0 bridgehead atoms. The summed E-state index contributed by atoms with van der Waals surface area (Å²) in [6, 6.07) is 8.26. The Morgan fingerprint density at radius 3 is 2.12 bits per heavy atom. The Morgan fingerprint density at radius 2 is 1.65 bits per heavy atom. The molecule has 0 aliphatic carbocycles. The first-order valence-corrected chi connectivity index (χ1v) is 11.2. The molecular weight excluding hydrogens is 346 g/mol. The lowest BCUT2D eigenvalue weighted by Crippen LogP contribution is -2.42. The fourth-order valence-electron chi connectivity index (χ4n) is 3.22. The molecule has 1 amide bonds. The highest BCUT2D eigenvalue weighted by Crippen LogP contribution is 2.25. The summed E-state index contributed by atoms with van der Waals surface area (Å²) in [6.45, 7) is 10.9. The summed E-state index contributed by atoms with van der Waals surface area (Å²) >= 11 is 0. The van der Waals surface area contributed by atoms with E-state index >= 15 is 0 Å². The van der Waals surface area contributed by atoms with Gasteiger partial charge in [0.1, 0.15) is 0 Å². The van der Waals surface area contributed by atoms with E-state index in [2.05, 4.69) is 26.0 Å². The van der Waals surface area contributed by atoms with E-state index in [1.165, 1.54) is 5.56 Å². The molecule has 0 unspecified atom stereocenters. The van der Waals surface area contributed by atoms with E-state index < -0.39 is 14.6 Å². The van der Waals surface area contributed by atoms with Crippen molar-refractivity contribution in [2.24, 2.45) is 5.92 Å². The molecule has 1 aliphatic heterocycles. The zero-order valence-electron chi connectivity index (χ0n) is 16.8. The Kier molecular flexibility index (Phi) is 6.54. The lowest BCUT2D eigenvalue weighted by molar-refractivity contribution is -0.131. The molecule has 1 heterocycles. The molecular formula is C21H33NO3S. The lowest BCUT2D eigenvalue weighted by atomic mass is 9.97. The van der Waals surface area contributed by atoms with E-state index in [0.717, 1.165) is 18.4 Å². The molecule has 0 saturated carbocycles. The number of benzene rings is 1. The molecule has 1 aliphatic rings. The van der Waals surface area contributed by atoms with E-state index in [9.17, 15) is 13.2 Å². The summed E-state index contributed by atoms with van der Waals surface area (Å²) in [5, 5.41) is 0. The molecule has 1 fully saturated rings. The second kappa shape index (κ2) is 8.12. The van der Waals surface area contributed by atoms with Crippen molar-refractivity contribution in [3.63, 3.8) is 0 Å². The summed E-state index contributed by atoms with van der Waals surface area (Å²) in [5.74, 6) is 1.02. The summed E-state index contributed by atoms with van der Waals surface area (Å²) in [7, 11) is -3.10. The predicted octanol–water partition coefficient (Wildman–Crippen LogP) is 3.80. The molecule has 1 aromatic carbocycles.